The quantitative estimate of drug-likeness (QED) is 0.852. The molecule has 2 rings (SSSR count). The van der Waals surface area contributed by atoms with Crippen molar-refractivity contribution in [1.82, 2.24) is 15.2 Å². The van der Waals surface area contributed by atoms with Crippen LogP contribution < -0.4 is 5.32 Å². The van der Waals surface area contributed by atoms with E-state index in [2.05, 4.69) is 36.0 Å². The molecule has 1 aromatic rings. The normalized spacial score (nSPS) is 22.4. The summed E-state index contributed by atoms with van der Waals surface area (Å²) in [6, 6.07) is 1.77. The molecule has 0 bridgehead atoms. The molecule has 1 N–H and O–H groups in total. The lowest BCUT2D eigenvalue weighted by Gasteiger charge is -2.46. The average Bonchev–Trinajstić information content (AvgIpc) is 2.27. The summed E-state index contributed by atoms with van der Waals surface area (Å²) in [5, 5.41) is 3.39. The van der Waals surface area contributed by atoms with E-state index >= 15 is 0 Å². The Bertz CT molecular complexity index is 392. The van der Waals surface area contributed by atoms with E-state index in [1.807, 2.05) is 0 Å². The van der Waals surface area contributed by atoms with Crippen LogP contribution in [-0.2, 0) is 0 Å². The van der Waals surface area contributed by atoms with Crippen LogP contribution in [0, 0.1) is 5.82 Å². The third-order valence-corrected chi connectivity index (χ3v) is 3.54. The van der Waals surface area contributed by atoms with Crippen molar-refractivity contribution in [2.24, 2.45) is 0 Å². The van der Waals surface area contributed by atoms with Crippen LogP contribution in [0.2, 0.25) is 0 Å². The van der Waals surface area contributed by atoms with Gasteiger partial charge < -0.3 is 5.32 Å². The summed E-state index contributed by atoms with van der Waals surface area (Å²) < 4.78 is 13.2. The zero-order chi connectivity index (χ0) is 12.5. The molecule has 0 aromatic carbocycles. The second kappa shape index (κ2) is 4.70. The maximum Gasteiger partial charge on any atom is 0.141 e. The molecule has 1 aliphatic heterocycles. The first kappa shape index (κ1) is 12.5. The Kier molecular flexibility index (Phi) is 3.45. The molecule has 0 amide bonds. The Hall–Kier alpha value is -1.00. The van der Waals surface area contributed by atoms with Crippen LogP contribution in [0.15, 0.2) is 18.5 Å². The van der Waals surface area contributed by atoms with Gasteiger partial charge in [0.15, 0.2) is 0 Å². The lowest BCUT2D eigenvalue weighted by Crippen LogP contribution is -2.58. The Morgan fingerprint density at radius 3 is 2.88 bits per heavy atom. The van der Waals surface area contributed by atoms with Crippen molar-refractivity contribution >= 4 is 0 Å². The lowest BCUT2D eigenvalue weighted by atomic mass is 9.95. The average molecular weight is 237 g/mol. The smallest absolute Gasteiger partial charge is 0.141 e. The molecule has 0 saturated carbocycles. The number of aromatic nitrogens is 1. The van der Waals surface area contributed by atoms with Crippen molar-refractivity contribution in [3.63, 3.8) is 0 Å². The Labute approximate surface area is 102 Å². The first-order chi connectivity index (χ1) is 8.00. The molecule has 1 atom stereocenters. The summed E-state index contributed by atoms with van der Waals surface area (Å²) >= 11 is 0. The molecule has 0 spiro atoms. The summed E-state index contributed by atoms with van der Waals surface area (Å²) in [5.74, 6) is -0.262. The first-order valence-electron chi connectivity index (χ1n) is 6.08. The van der Waals surface area contributed by atoms with Crippen molar-refractivity contribution in [2.75, 3.05) is 19.6 Å². The fourth-order valence-corrected chi connectivity index (χ4v) is 2.55. The van der Waals surface area contributed by atoms with Crippen LogP contribution in [0.1, 0.15) is 32.4 Å². The highest BCUT2D eigenvalue weighted by molar-refractivity contribution is 5.15. The third-order valence-electron chi connectivity index (χ3n) is 3.54. The highest BCUT2D eigenvalue weighted by Crippen LogP contribution is 2.28. The third kappa shape index (κ3) is 2.64. The molecular weight excluding hydrogens is 217 g/mol. The molecule has 94 valence electrons. The van der Waals surface area contributed by atoms with Gasteiger partial charge in [0.1, 0.15) is 5.82 Å². The van der Waals surface area contributed by atoms with Crippen LogP contribution in [0.25, 0.3) is 0 Å². The minimum atomic E-state index is -0.262. The van der Waals surface area contributed by atoms with Crippen LogP contribution >= 0.6 is 0 Å². The van der Waals surface area contributed by atoms with E-state index in [9.17, 15) is 4.39 Å². The van der Waals surface area contributed by atoms with Gasteiger partial charge in [-0.1, -0.05) is 0 Å². The fraction of sp³-hybridized carbons (Fsp3) is 0.615. The monoisotopic (exact) mass is 237 g/mol. The summed E-state index contributed by atoms with van der Waals surface area (Å²) in [7, 11) is 0. The van der Waals surface area contributed by atoms with E-state index in [1.165, 1.54) is 6.20 Å². The van der Waals surface area contributed by atoms with Gasteiger partial charge >= 0.3 is 0 Å². The van der Waals surface area contributed by atoms with E-state index in [0.29, 0.717) is 0 Å². The van der Waals surface area contributed by atoms with Gasteiger partial charge in [0, 0.05) is 37.4 Å². The molecule has 0 aliphatic carbocycles. The predicted molar refractivity (Wildman–Crippen MR) is 66.3 cm³/mol. The number of hydrogen-bond donors (Lipinski definition) is 1. The van der Waals surface area contributed by atoms with E-state index in [-0.39, 0.29) is 17.4 Å². The van der Waals surface area contributed by atoms with E-state index < -0.39 is 0 Å². The number of piperazine rings is 1. The number of nitrogens with one attached hydrogen (secondary N) is 1. The van der Waals surface area contributed by atoms with Gasteiger partial charge in [0.25, 0.3) is 0 Å². The molecular formula is C13H20FN3. The van der Waals surface area contributed by atoms with Gasteiger partial charge in [-0.15, -0.1) is 0 Å². The van der Waals surface area contributed by atoms with Crippen LogP contribution in [0.4, 0.5) is 4.39 Å². The Balaban J connectivity index is 2.21. The number of pyridine rings is 1. The minimum absolute atomic E-state index is 0.0873. The molecule has 1 saturated heterocycles. The zero-order valence-electron chi connectivity index (χ0n) is 10.7. The molecule has 1 aliphatic rings. The topological polar surface area (TPSA) is 28.2 Å². The predicted octanol–water partition coefficient (Wildman–Crippen LogP) is 1.97. The van der Waals surface area contributed by atoms with Crippen molar-refractivity contribution < 1.29 is 4.39 Å². The Morgan fingerprint density at radius 1 is 1.47 bits per heavy atom. The summed E-state index contributed by atoms with van der Waals surface area (Å²) in [6.07, 6.45) is 3.00. The van der Waals surface area contributed by atoms with Crippen molar-refractivity contribution in [3.05, 3.63) is 29.8 Å². The van der Waals surface area contributed by atoms with E-state index in [4.69, 9.17) is 0 Å². The largest absolute Gasteiger partial charge is 0.314 e. The first-order valence-corrected chi connectivity index (χ1v) is 6.08. The molecule has 2 heterocycles. The Morgan fingerprint density at radius 2 is 2.24 bits per heavy atom. The maximum atomic E-state index is 13.2. The summed E-state index contributed by atoms with van der Waals surface area (Å²) in [6.45, 7) is 9.45. The van der Waals surface area contributed by atoms with Gasteiger partial charge in [0.2, 0.25) is 0 Å². The van der Waals surface area contributed by atoms with Crippen LogP contribution in [0.3, 0.4) is 0 Å². The molecule has 1 unspecified atom stereocenters. The number of nitrogens with zero attached hydrogens (tertiary/aromatic N) is 2. The minimum Gasteiger partial charge on any atom is -0.314 e. The second-order valence-electron chi connectivity index (χ2n) is 5.30. The van der Waals surface area contributed by atoms with Gasteiger partial charge in [-0.3, -0.25) is 9.88 Å². The SMILES string of the molecule is CC(c1cncc(F)c1)N1CCNCC1(C)C. The fourth-order valence-electron chi connectivity index (χ4n) is 2.55. The van der Waals surface area contributed by atoms with Gasteiger partial charge in [0.05, 0.1) is 6.20 Å². The zero-order valence-corrected chi connectivity index (χ0v) is 10.7. The maximum absolute atomic E-state index is 13.2. The van der Waals surface area contributed by atoms with Gasteiger partial charge in [-0.25, -0.2) is 4.39 Å². The number of hydrogen-bond acceptors (Lipinski definition) is 3. The van der Waals surface area contributed by atoms with Crippen molar-refractivity contribution in [2.45, 2.75) is 32.4 Å². The molecule has 0 radical (unpaired) electrons. The highest BCUT2D eigenvalue weighted by Gasteiger charge is 2.33. The van der Waals surface area contributed by atoms with Gasteiger partial charge in [-0.05, 0) is 32.4 Å². The standard InChI is InChI=1S/C13H20FN3/c1-10(11-6-12(14)8-16-7-11)17-5-4-15-9-13(17,2)3/h6-8,10,15H,4-5,9H2,1-3H3. The van der Waals surface area contributed by atoms with Crippen LogP contribution in [-0.4, -0.2) is 35.1 Å². The number of halogens is 1. The van der Waals surface area contributed by atoms with E-state index in [0.717, 1.165) is 25.2 Å². The van der Waals surface area contributed by atoms with Crippen molar-refractivity contribution in [1.29, 1.82) is 0 Å². The molecule has 1 fully saturated rings. The lowest BCUT2D eigenvalue weighted by molar-refractivity contribution is 0.0514. The van der Waals surface area contributed by atoms with E-state index in [1.54, 1.807) is 12.3 Å². The highest BCUT2D eigenvalue weighted by atomic mass is 19.1. The second-order valence-corrected chi connectivity index (χ2v) is 5.30. The van der Waals surface area contributed by atoms with Crippen LogP contribution in [0.5, 0.6) is 0 Å². The molecule has 3 nitrogen and oxygen atoms in total. The summed E-state index contributed by atoms with van der Waals surface area (Å²) in [5.41, 5.74) is 1.03. The van der Waals surface area contributed by atoms with Gasteiger partial charge in [-0.2, -0.15) is 0 Å². The molecule has 1 aromatic heterocycles. The van der Waals surface area contributed by atoms with Crippen molar-refractivity contribution in [3.8, 4) is 0 Å². The number of rotatable bonds is 2. The summed E-state index contributed by atoms with van der Waals surface area (Å²) in [4.78, 5) is 6.33. The molecule has 4 heteroatoms. The molecule has 17 heavy (non-hydrogen) atoms.